The molecule has 2 aromatic heterocycles. The summed E-state index contributed by atoms with van der Waals surface area (Å²) in [6.45, 7) is 3.23. The molecular weight excluding hydrogens is 373 g/mol. The second-order valence-electron chi connectivity index (χ2n) is 6.17. The average molecular weight is 388 g/mol. The Balaban J connectivity index is 2.22. The number of H-pyrrole nitrogens is 1. The van der Waals surface area contributed by atoms with Gasteiger partial charge in [-0.3, -0.25) is 14.6 Å². The average Bonchev–Trinajstić information content (AvgIpc) is 2.62. The number of pyridine rings is 2. The highest BCUT2D eigenvalue weighted by atomic mass is 19.4. The summed E-state index contributed by atoms with van der Waals surface area (Å²) in [7, 11) is 0. The van der Waals surface area contributed by atoms with Crippen molar-refractivity contribution in [3.05, 3.63) is 62.3 Å². The van der Waals surface area contributed by atoms with E-state index in [1.54, 1.807) is 19.9 Å². The Morgan fingerprint density at radius 1 is 1.29 bits per heavy atom. The number of hydrogen-bond acceptors (Lipinski definition) is 5. The van der Waals surface area contributed by atoms with Crippen LogP contribution in [0.25, 0.3) is 0 Å². The van der Waals surface area contributed by atoms with E-state index < -0.39 is 29.0 Å². The number of nitrogens with zero attached hydrogens (tertiary/aromatic N) is 3. The summed E-state index contributed by atoms with van der Waals surface area (Å²) in [5.41, 5.74) is -0.0162. The predicted octanol–water partition coefficient (Wildman–Crippen LogP) is 3.09. The van der Waals surface area contributed by atoms with Crippen molar-refractivity contribution in [2.45, 2.75) is 38.8 Å². The van der Waals surface area contributed by atoms with Crippen LogP contribution in [0.2, 0.25) is 0 Å². The summed E-state index contributed by atoms with van der Waals surface area (Å²) in [5, 5.41) is 18.4. The minimum Gasteiger partial charge on any atom is -0.325 e. The van der Waals surface area contributed by atoms with E-state index in [1.165, 1.54) is 0 Å². The molecule has 0 bridgehead atoms. The Hall–Kier alpha value is -3.46. The second-order valence-corrected chi connectivity index (χ2v) is 6.17. The van der Waals surface area contributed by atoms with Crippen LogP contribution in [-0.4, -0.2) is 15.8 Å². The molecule has 0 fully saturated rings. The van der Waals surface area contributed by atoms with Crippen LogP contribution in [0.5, 0.6) is 0 Å². The normalized spacial score (nSPS) is 12.1. The van der Waals surface area contributed by atoms with Crippen molar-refractivity contribution in [1.82, 2.24) is 9.97 Å². The van der Waals surface area contributed by atoms with Crippen LogP contribution in [0, 0.1) is 36.5 Å². The van der Waals surface area contributed by atoms with E-state index in [-0.39, 0.29) is 24.1 Å². The third-order valence-electron chi connectivity index (χ3n) is 4.40. The molecule has 0 aliphatic rings. The van der Waals surface area contributed by atoms with E-state index in [4.69, 9.17) is 5.26 Å². The first-order valence-corrected chi connectivity index (χ1v) is 8.18. The van der Waals surface area contributed by atoms with E-state index in [0.29, 0.717) is 23.0 Å². The van der Waals surface area contributed by atoms with Crippen molar-refractivity contribution in [1.29, 1.82) is 10.5 Å². The van der Waals surface area contributed by atoms with Crippen LogP contribution in [0.4, 0.5) is 13.2 Å². The molecule has 0 amide bonds. The highest BCUT2D eigenvalue weighted by Gasteiger charge is 2.31. The van der Waals surface area contributed by atoms with Gasteiger partial charge in [0.2, 0.25) is 0 Å². The Morgan fingerprint density at radius 2 is 1.96 bits per heavy atom. The molecular formula is C19H15F3N4O2. The second kappa shape index (κ2) is 8.05. The van der Waals surface area contributed by atoms with Gasteiger partial charge in [-0.25, -0.2) is 0 Å². The third kappa shape index (κ3) is 4.26. The minimum absolute atomic E-state index is 0.0470. The van der Waals surface area contributed by atoms with Gasteiger partial charge in [-0.05, 0) is 43.5 Å². The largest absolute Gasteiger partial charge is 0.417 e. The van der Waals surface area contributed by atoms with Gasteiger partial charge in [-0.15, -0.1) is 0 Å². The van der Waals surface area contributed by atoms with Crippen LogP contribution in [0.15, 0.2) is 23.1 Å². The highest BCUT2D eigenvalue weighted by Crippen LogP contribution is 2.29. The zero-order valence-corrected chi connectivity index (χ0v) is 15.0. The molecule has 0 aliphatic heterocycles. The molecule has 2 aromatic rings. The van der Waals surface area contributed by atoms with Gasteiger partial charge in [0.05, 0.1) is 17.3 Å². The van der Waals surface area contributed by atoms with Gasteiger partial charge in [0, 0.05) is 18.3 Å². The third-order valence-corrected chi connectivity index (χ3v) is 4.40. The number of nitrogens with one attached hydrogen (secondary N) is 1. The number of carbonyl (C=O) groups is 1. The molecule has 9 heteroatoms. The number of hydrogen-bond donors (Lipinski definition) is 1. The lowest BCUT2D eigenvalue weighted by atomic mass is 9.93. The maximum absolute atomic E-state index is 12.6. The molecule has 2 rings (SSSR count). The van der Waals surface area contributed by atoms with E-state index in [9.17, 15) is 28.0 Å². The summed E-state index contributed by atoms with van der Waals surface area (Å²) in [5.74, 6) is -1.82. The van der Waals surface area contributed by atoms with Crippen molar-refractivity contribution in [2.24, 2.45) is 0 Å². The first-order chi connectivity index (χ1) is 13.1. The standard InChI is InChI=1S/C19H15F3N4O2/c1-10-13(11(2)26-18(28)14(10)7-23)4-6-17(27)15(8-24)16-5-3-12(9-25-16)19(20,21)22/h3,5,9,15H,4,6H2,1-2H3,(H,26,28). The number of Topliss-reactive ketones (excluding diaryl/α,β-unsaturated/α-hetero) is 1. The summed E-state index contributed by atoms with van der Waals surface area (Å²) < 4.78 is 37.8. The Morgan fingerprint density at radius 3 is 2.46 bits per heavy atom. The molecule has 1 unspecified atom stereocenters. The number of rotatable bonds is 5. The number of aromatic amines is 1. The summed E-state index contributed by atoms with van der Waals surface area (Å²) in [6.07, 6.45) is -3.90. The van der Waals surface area contributed by atoms with Gasteiger partial charge in [0.1, 0.15) is 17.6 Å². The van der Waals surface area contributed by atoms with Crippen LogP contribution >= 0.6 is 0 Å². The molecule has 0 saturated heterocycles. The van der Waals surface area contributed by atoms with E-state index >= 15 is 0 Å². The minimum atomic E-state index is -4.56. The molecule has 144 valence electrons. The number of alkyl halides is 3. The number of aromatic nitrogens is 2. The number of nitriles is 2. The maximum Gasteiger partial charge on any atom is 0.417 e. The highest BCUT2D eigenvalue weighted by molar-refractivity contribution is 5.88. The molecule has 0 spiro atoms. The maximum atomic E-state index is 12.6. The van der Waals surface area contributed by atoms with Crippen molar-refractivity contribution >= 4 is 5.78 Å². The molecule has 2 heterocycles. The molecule has 0 aliphatic carbocycles. The molecule has 6 nitrogen and oxygen atoms in total. The fraction of sp³-hybridized carbons (Fsp3) is 0.316. The van der Waals surface area contributed by atoms with Gasteiger partial charge in [-0.1, -0.05) is 0 Å². The summed E-state index contributed by atoms with van der Waals surface area (Å²) >= 11 is 0. The molecule has 0 radical (unpaired) electrons. The summed E-state index contributed by atoms with van der Waals surface area (Å²) in [4.78, 5) is 30.4. The van der Waals surface area contributed by atoms with Crippen molar-refractivity contribution in [2.75, 3.05) is 0 Å². The van der Waals surface area contributed by atoms with E-state index in [1.807, 2.05) is 6.07 Å². The zero-order chi connectivity index (χ0) is 21.1. The number of aryl methyl sites for hydroxylation is 1. The first kappa shape index (κ1) is 20.8. The van der Waals surface area contributed by atoms with Gasteiger partial charge < -0.3 is 4.98 Å². The van der Waals surface area contributed by atoms with Crippen molar-refractivity contribution < 1.29 is 18.0 Å². The monoisotopic (exact) mass is 388 g/mol. The fourth-order valence-corrected chi connectivity index (χ4v) is 2.86. The lowest BCUT2D eigenvalue weighted by Gasteiger charge is -2.12. The topological polar surface area (TPSA) is 110 Å². The molecule has 28 heavy (non-hydrogen) atoms. The van der Waals surface area contributed by atoms with Gasteiger partial charge in [0.15, 0.2) is 5.78 Å². The summed E-state index contributed by atoms with van der Waals surface area (Å²) in [6, 6.07) is 5.37. The fourth-order valence-electron chi connectivity index (χ4n) is 2.86. The quantitative estimate of drug-likeness (QED) is 0.846. The molecule has 1 N–H and O–H groups in total. The number of ketones is 1. The van der Waals surface area contributed by atoms with Gasteiger partial charge in [0.25, 0.3) is 5.56 Å². The van der Waals surface area contributed by atoms with Crippen molar-refractivity contribution in [3.8, 4) is 12.1 Å². The van der Waals surface area contributed by atoms with E-state index in [2.05, 4.69) is 9.97 Å². The van der Waals surface area contributed by atoms with Crippen LogP contribution in [0.3, 0.4) is 0 Å². The van der Waals surface area contributed by atoms with Gasteiger partial charge >= 0.3 is 6.18 Å². The lowest BCUT2D eigenvalue weighted by Crippen LogP contribution is -2.18. The van der Waals surface area contributed by atoms with Gasteiger partial charge in [-0.2, -0.15) is 23.7 Å². The Labute approximate surface area is 158 Å². The number of halogens is 3. The molecule has 1 atom stereocenters. The van der Waals surface area contributed by atoms with E-state index in [0.717, 1.165) is 12.1 Å². The number of carbonyl (C=O) groups excluding carboxylic acids is 1. The van der Waals surface area contributed by atoms with Crippen molar-refractivity contribution in [3.63, 3.8) is 0 Å². The Kier molecular flexibility index (Phi) is 5.99. The Bertz CT molecular complexity index is 1040. The van der Waals surface area contributed by atoms with Crippen LogP contribution in [-0.2, 0) is 17.4 Å². The smallest absolute Gasteiger partial charge is 0.325 e. The lowest BCUT2D eigenvalue weighted by molar-refractivity contribution is -0.137. The molecule has 0 saturated carbocycles. The zero-order valence-electron chi connectivity index (χ0n) is 15.0. The first-order valence-electron chi connectivity index (χ1n) is 8.18. The molecule has 0 aromatic carbocycles. The predicted molar refractivity (Wildman–Crippen MR) is 92.2 cm³/mol. The van der Waals surface area contributed by atoms with Crippen LogP contribution < -0.4 is 5.56 Å². The SMILES string of the molecule is Cc1[nH]c(=O)c(C#N)c(C)c1CCC(=O)C(C#N)c1ccc(C(F)(F)F)cn1. The van der Waals surface area contributed by atoms with Crippen LogP contribution in [0.1, 0.15) is 46.0 Å².